The SMILES string of the molecule is CCN(CC)C(=O)c1ccc(C(c2cccc(OC)c2)N2CCC3CCCC(C2)N3)cc1. The van der Waals surface area contributed by atoms with E-state index in [-0.39, 0.29) is 11.9 Å². The molecule has 4 rings (SSSR count). The van der Waals surface area contributed by atoms with Gasteiger partial charge in [0.05, 0.1) is 13.2 Å². The van der Waals surface area contributed by atoms with Gasteiger partial charge in [0.15, 0.2) is 0 Å². The first kappa shape index (κ1) is 22.8. The van der Waals surface area contributed by atoms with E-state index in [0.717, 1.165) is 37.5 Å². The van der Waals surface area contributed by atoms with Crippen LogP contribution in [0.25, 0.3) is 0 Å². The molecule has 0 radical (unpaired) electrons. The molecule has 0 aromatic heterocycles. The van der Waals surface area contributed by atoms with Crippen molar-refractivity contribution in [1.82, 2.24) is 15.1 Å². The number of hydrogen-bond acceptors (Lipinski definition) is 4. The first-order valence-electron chi connectivity index (χ1n) is 12.2. The monoisotopic (exact) mass is 435 g/mol. The number of amides is 1. The van der Waals surface area contributed by atoms with Crippen molar-refractivity contribution in [2.24, 2.45) is 0 Å². The van der Waals surface area contributed by atoms with Crippen molar-refractivity contribution in [2.75, 3.05) is 33.3 Å². The highest BCUT2D eigenvalue weighted by molar-refractivity contribution is 5.94. The molecule has 3 unspecified atom stereocenters. The Hall–Kier alpha value is -2.37. The second-order valence-corrected chi connectivity index (χ2v) is 9.05. The van der Waals surface area contributed by atoms with Crippen molar-refractivity contribution < 1.29 is 9.53 Å². The number of fused-ring (bicyclic) bond motifs is 2. The topological polar surface area (TPSA) is 44.8 Å². The van der Waals surface area contributed by atoms with Crippen LogP contribution in [0.3, 0.4) is 0 Å². The highest BCUT2D eigenvalue weighted by Crippen LogP contribution is 2.34. The van der Waals surface area contributed by atoms with Gasteiger partial charge in [-0.3, -0.25) is 9.69 Å². The summed E-state index contributed by atoms with van der Waals surface area (Å²) < 4.78 is 5.54. The third kappa shape index (κ3) is 5.00. The van der Waals surface area contributed by atoms with E-state index in [4.69, 9.17) is 4.74 Å². The van der Waals surface area contributed by atoms with Gasteiger partial charge in [-0.2, -0.15) is 0 Å². The number of nitrogens with one attached hydrogen (secondary N) is 1. The molecule has 2 heterocycles. The first-order chi connectivity index (χ1) is 15.6. The van der Waals surface area contributed by atoms with Crippen molar-refractivity contribution >= 4 is 5.91 Å². The standard InChI is InChI=1S/C27H37N3O2/c1-4-29(5-2)27(31)21-14-12-20(13-15-21)26(22-8-6-11-25(18-22)32-3)30-17-16-23-9-7-10-24(19-30)28-23/h6,8,11-15,18,23-24,26,28H,4-5,7,9-10,16-17,19H2,1-3H3. The van der Waals surface area contributed by atoms with Crippen LogP contribution >= 0.6 is 0 Å². The van der Waals surface area contributed by atoms with Crippen molar-refractivity contribution in [2.45, 2.75) is 57.7 Å². The lowest BCUT2D eigenvalue weighted by Crippen LogP contribution is -2.44. The molecule has 5 nitrogen and oxygen atoms in total. The molecule has 2 aliphatic heterocycles. The summed E-state index contributed by atoms with van der Waals surface area (Å²) in [5, 5.41) is 3.86. The lowest BCUT2D eigenvalue weighted by atomic mass is 9.95. The van der Waals surface area contributed by atoms with Gasteiger partial charge in [-0.05, 0) is 68.5 Å². The number of hydrogen-bond donors (Lipinski definition) is 1. The van der Waals surface area contributed by atoms with Gasteiger partial charge in [-0.15, -0.1) is 0 Å². The highest BCUT2D eigenvalue weighted by Gasteiger charge is 2.32. The van der Waals surface area contributed by atoms with Gasteiger partial charge >= 0.3 is 0 Å². The van der Waals surface area contributed by atoms with Crippen LogP contribution in [0.5, 0.6) is 5.75 Å². The summed E-state index contributed by atoms with van der Waals surface area (Å²) in [6.07, 6.45) is 5.03. The fourth-order valence-electron chi connectivity index (χ4n) is 5.34. The number of methoxy groups -OCH3 is 1. The van der Waals surface area contributed by atoms with E-state index in [1.807, 2.05) is 36.9 Å². The Morgan fingerprint density at radius 1 is 1.06 bits per heavy atom. The minimum absolute atomic E-state index is 0.104. The van der Waals surface area contributed by atoms with E-state index < -0.39 is 0 Å². The summed E-state index contributed by atoms with van der Waals surface area (Å²) in [5.41, 5.74) is 3.23. The molecule has 2 aromatic rings. The fourth-order valence-corrected chi connectivity index (χ4v) is 5.34. The number of ether oxygens (including phenoxy) is 1. The van der Waals surface area contributed by atoms with Crippen LogP contribution in [0.4, 0.5) is 0 Å². The zero-order valence-electron chi connectivity index (χ0n) is 19.7. The summed E-state index contributed by atoms with van der Waals surface area (Å²) in [6, 6.07) is 18.1. The molecular weight excluding hydrogens is 398 g/mol. The molecule has 2 aromatic carbocycles. The summed E-state index contributed by atoms with van der Waals surface area (Å²) in [7, 11) is 1.72. The van der Waals surface area contributed by atoms with Gasteiger partial charge in [-0.25, -0.2) is 0 Å². The molecule has 2 saturated heterocycles. The van der Waals surface area contributed by atoms with E-state index in [0.29, 0.717) is 12.1 Å². The first-order valence-corrected chi connectivity index (χ1v) is 12.2. The maximum atomic E-state index is 12.8. The normalized spacial score (nSPS) is 22.1. The van der Waals surface area contributed by atoms with Crippen LogP contribution in [-0.4, -0.2) is 61.1 Å². The largest absolute Gasteiger partial charge is 0.497 e. The number of nitrogens with zero attached hydrogens (tertiary/aromatic N) is 2. The maximum absolute atomic E-state index is 12.8. The fraction of sp³-hybridized carbons (Fsp3) is 0.519. The predicted molar refractivity (Wildman–Crippen MR) is 129 cm³/mol. The summed E-state index contributed by atoms with van der Waals surface area (Å²) in [5.74, 6) is 0.986. The maximum Gasteiger partial charge on any atom is 0.253 e. The third-order valence-corrected chi connectivity index (χ3v) is 7.09. The lowest BCUT2D eigenvalue weighted by molar-refractivity contribution is 0.0773. The Labute approximate surface area is 192 Å². The van der Waals surface area contributed by atoms with E-state index in [2.05, 4.69) is 40.5 Å². The van der Waals surface area contributed by atoms with Crippen molar-refractivity contribution in [3.05, 3.63) is 65.2 Å². The van der Waals surface area contributed by atoms with E-state index in [9.17, 15) is 4.79 Å². The zero-order chi connectivity index (χ0) is 22.5. The second-order valence-electron chi connectivity index (χ2n) is 9.05. The Balaban J connectivity index is 1.67. The minimum atomic E-state index is 0.104. The molecular formula is C27H37N3O2. The number of benzene rings is 2. The highest BCUT2D eigenvalue weighted by atomic mass is 16.5. The Kier molecular flexibility index (Phi) is 7.48. The third-order valence-electron chi connectivity index (χ3n) is 7.09. The summed E-state index contributed by atoms with van der Waals surface area (Å²) in [4.78, 5) is 17.3. The van der Waals surface area contributed by atoms with Gasteiger partial charge in [0, 0.05) is 43.8 Å². The average Bonchev–Trinajstić information content (AvgIpc) is 2.97. The van der Waals surface area contributed by atoms with Gasteiger partial charge in [-0.1, -0.05) is 30.7 Å². The molecule has 0 aliphatic carbocycles. The van der Waals surface area contributed by atoms with Crippen LogP contribution in [0.15, 0.2) is 48.5 Å². The smallest absolute Gasteiger partial charge is 0.253 e. The molecule has 5 heteroatoms. The molecule has 172 valence electrons. The van der Waals surface area contributed by atoms with Crippen LogP contribution in [0.2, 0.25) is 0 Å². The zero-order valence-corrected chi connectivity index (χ0v) is 19.7. The predicted octanol–water partition coefficient (Wildman–Crippen LogP) is 4.48. The van der Waals surface area contributed by atoms with Crippen LogP contribution < -0.4 is 10.1 Å². The quantitative estimate of drug-likeness (QED) is 0.696. The molecule has 1 amide bonds. The van der Waals surface area contributed by atoms with Crippen LogP contribution in [0, 0.1) is 0 Å². The van der Waals surface area contributed by atoms with Crippen molar-refractivity contribution in [3.8, 4) is 5.75 Å². The summed E-state index contributed by atoms with van der Waals surface area (Å²) >= 11 is 0. The van der Waals surface area contributed by atoms with Gasteiger partial charge < -0.3 is 15.0 Å². The number of carbonyl (C=O) groups is 1. The molecule has 2 bridgehead atoms. The molecule has 2 aliphatic rings. The van der Waals surface area contributed by atoms with Gasteiger partial charge in [0.1, 0.15) is 5.75 Å². The number of carbonyl (C=O) groups excluding carboxylic acids is 1. The lowest BCUT2D eigenvalue weighted by Gasteiger charge is -2.34. The molecule has 1 N–H and O–H groups in total. The van der Waals surface area contributed by atoms with Crippen molar-refractivity contribution in [3.63, 3.8) is 0 Å². The average molecular weight is 436 g/mol. The number of rotatable bonds is 7. The Morgan fingerprint density at radius 3 is 2.53 bits per heavy atom. The summed E-state index contributed by atoms with van der Waals surface area (Å²) in [6.45, 7) is 7.62. The molecule has 32 heavy (non-hydrogen) atoms. The van der Waals surface area contributed by atoms with E-state index in [1.165, 1.54) is 36.8 Å². The molecule has 0 spiro atoms. The second kappa shape index (κ2) is 10.5. The van der Waals surface area contributed by atoms with Crippen LogP contribution in [0.1, 0.15) is 67.1 Å². The van der Waals surface area contributed by atoms with E-state index in [1.54, 1.807) is 7.11 Å². The minimum Gasteiger partial charge on any atom is -0.497 e. The Morgan fingerprint density at radius 2 is 1.81 bits per heavy atom. The van der Waals surface area contributed by atoms with Gasteiger partial charge in [0.2, 0.25) is 0 Å². The van der Waals surface area contributed by atoms with Crippen molar-refractivity contribution in [1.29, 1.82) is 0 Å². The van der Waals surface area contributed by atoms with Gasteiger partial charge in [0.25, 0.3) is 5.91 Å². The molecule has 0 saturated carbocycles. The number of piperidine rings is 1. The Bertz CT molecular complexity index is 894. The molecule has 3 atom stereocenters. The molecule has 2 fully saturated rings. The van der Waals surface area contributed by atoms with Crippen LogP contribution in [-0.2, 0) is 0 Å². The van der Waals surface area contributed by atoms with E-state index >= 15 is 0 Å².